The molecular formula is C15H18N4O. The summed E-state index contributed by atoms with van der Waals surface area (Å²) in [6.07, 6.45) is 0.761. The maximum atomic E-state index is 12.3. The van der Waals surface area contributed by atoms with E-state index in [4.69, 9.17) is 0 Å². The van der Waals surface area contributed by atoms with E-state index >= 15 is 0 Å². The molecule has 0 fully saturated rings. The van der Waals surface area contributed by atoms with Gasteiger partial charge in [-0.3, -0.25) is 9.89 Å². The number of aryl methyl sites for hydroxylation is 1. The van der Waals surface area contributed by atoms with Crippen molar-refractivity contribution in [2.75, 3.05) is 17.2 Å². The number of aromatic nitrogens is 2. The highest BCUT2D eigenvalue weighted by atomic mass is 16.2. The molecule has 1 aromatic heterocycles. The van der Waals surface area contributed by atoms with Gasteiger partial charge in [-0.25, -0.2) is 0 Å². The van der Waals surface area contributed by atoms with Crippen LogP contribution in [0.25, 0.3) is 0 Å². The minimum Gasteiger partial charge on any atom is -0.384 e. The summed E-state index contributed by atoms with van der Waals surface area (Å²) in [7, 11) is 0. The van der Waals surface area contributed by atoms with Gasteiger partial charge in [0.05, 0.1) is 5.92 Å². The SMILES string of the molecule is Cc1[nH]nc(NC(=O)C2CNc3ccccc3C2)c1C. The van der Waals surface area contributed by atoms with Crippen LogP contribution in [-0.4, -0.2) is 22.6 Å². The van der Waals surface area contributed by atoms with Gasteiger partial charge in [0.2, 0.25) is 5.91 Å². The van der Waals surface area contributed by atoms with Gasteiger partial charge in [0.15, 0.2) is 5.82 Å². The first kappa shape index (κ1) is 12.7. The van der Waals surface area contributed by atoms with E-state index in [1.165, 1.54) is 5.56 Å². The molecule has 1 aliphatic rings. The minimum absolute atomic E-state index is 0.0154. The van der Waals surface area contributed by atoms with Crippen molar-refractivity contribution in [3.63, 3.8) is 0 Å². The number of hydrogen-bond donors (Lipinski definition) is 3. The molecule has 2 aromatic rings. The van der Waals surface area contributed by atoms with Crippen LogP contribution in [-0.2, 0) is 11.2 Å². The van der Waals surface area contributed by atoms with Crippen LogP contribution in [0, 0.1) is 19.8 Å². The molecule has 0 aliphatic carbocycles. The van der Waals surface area contributed by atoms with Crippen LogP contribution in [0.4, 0.5) is 11.5 Å². The van der Waals surface area contributed by atoms with Crippen molar-refractivity contribution in [2.24, 2.45) is 5.92 Å². The van der Waals surface area contributed by atoms with Crippen molar-refractivity contribution >= 4 is 17.4 Å². The lowest BCUT2D eigenvalue weighted by atomic mass is 9.93. The monoisotopic (exact) mass is 270 g/mol. The summed E-state index contributed by atoms with van der Waals surface area (Å²) in [4.78, 5) is 12.3. The molecule has 20 heavy (non-hydrogen) atoms. The molecule has 3 N–H and O–H groups in total. The summed E-state index contributed by atoms with van der Waals surface area (Å²) in [6.45, 7) is 4.55. The summed E-state index contributed by atoms with van der Waals surface area (Å²) >= 11 is 0. The van der Waals surface area contributed by atoms with E-state index in [1.54, 1.807) is 0 Å². The number of benzene rings is 1. The molecule has 0 saturated carbocycles. The number of carbonyl (C=O) groups excluding carboxylic acids is 1. The highest BCUT2D eigenvalue weighted by molar-refractivity contribution is 5.93. The first-order valence-corrected chi connectivity index (χ1v) is 6.79. The van der Waals surface area contributed by atoms with Crippen molar-refractivity contribution in [2.45, 2.75) is 20.3 Å². The summed E-state index contributed by atoms with van der Waals surface area (Å²) in [5.74, 6) is 0.578. The van der Waals surface area contributed by atoms with Crippen molar-refractivity contribution in [3.8, 4) is 0 Å². The molecule has 0 spiro atoms. The van der Waals surface area contributed by atoms with E-state index in [-0.39, 0.29) is 11.8 Å². The Kier molecular flexibility index (Phi) is 3.18. The number of anilines is 2. The number of amides is 1. The molecule has 1 aromatic carbocycles. The standard InChI is InChI=1S/C15H18N4O/c1-9-10(2)18-19-14(9)17-15(20)12-7-11-5-3-4-6-13(11)16-8-12/h3-6,12,16H,7-8H2,1-2H3,(H2,17,18,19,20). The van der Waals surface area contributed by atoms with Gasteiger partial charge in [0, 0.05) is 23.5 Å². The van der Waals surface area contributed by atoms with Gasteiger partial charge < -0.3 is 10.6 Å². The fraction of sp³-hybridized carbons (Fsp3) is 0.333. The quantitative estimate of drug-likeness (QED) is 0.784. The van der Waals surface area contributed by atoms with E-state index in [9.17, 15) is 4.79 Å². The topological polar surface area (TPSA) is 69.8 Å². The number of rotatable bonds is 2. The Morgan fingerprint density at radius 2 is 2.15 bits per heavy atom. The Hall–Kier alpha value is -2.30. The minimum atomic E-state index is -0.0682. The van der Waals surface area contributed by atoms with E-state index in [0.29, 0.717) is 12.4 Å². The van der Waals surface area contributed by atoms with Gasteiger partial charge in [-0.1, -0.05) is 18.2 Å². The first-order valence-electron chi connectivity index (χ1n) is 6.79. The van der Waals surface area contributed by atoms with Gasteiger partial charge in [-0.05, 0) is 31.9 Å². The molecule has 1 atom stereocenters. The fourth-order valence-electron chi connectivity index (χ4n) is 2.45. The highest BCUT2D eigenvalue weighted by Gasteiger charge is 2.25. The van der Waals surface area contributed by atoms with Crippen molar-refractivity contribution in [1.29, 1.82) is 0 Å². The highest BCUT2D eigenvalue weighted by Crippen LogP contribution is 2.25. The molecule has 5 heteroatoms. The molecule has 0 radical (unpaired) electrons. The maximum absolute atomic E-state index is 12.3. The molecule has 0 bridgehead atoms. The van der Waals surface area contributed by atoms with Crippen molar-refractivity contribution < 1.29 is 4.79 Å². The Morgan fingerprint density at radius 3 is 2.90 bits per heavy atom. The molecule has 104 valence electrons. The Labute approximate surface area is 117 Å². The lowest BCUT2D eigenvalue weighted by molar-refractivity contribution is -0.119. The Balaban J connectivity index is 1.72. The van der Waals surface area contributed by atoms with E-state index < -0.39 is 0 Å². The molecular weight excluding hydrogens is 252 g/mol. The number of para-hydroxylation sites is 1. The predicted octanol–water partition coefficient (Wildman–Crippen LogP) is 2.25. The number of nitrogens with zero attached hydrogens (tertiary/aromatic N) is 1. The van der Waals surface area contributed by atoms with Crippen LogP contribution in [0.15, 0.2) is 24.3 Å². The zero-order chi connectivity index (χ0) is 14.1. The van der Waals surface area contributed by atoms with Crippen LogP contribution in [0.5, 0.6) is 0 Å². The molecule has 1 unspecified atom stereocenters. The number of hydrogen-bond acceptors (Lipinski definition) is 3. The van der Waals surface area contributed by atoms with Gasteiger partial charge in [-0.15, -0.1) is 0 Å². The molecule has 5 nitrogen and oxygen atoms in total. The normalized spacial score (nSPS) is 17.2. The molecule has 1 amide bonds. The van der Waals surface area contributed by atoms with E-state index in [1.807, 2.05) is 32.0 Å². The molecule has 3 rings (SSSR count). The Bertz CT molecular complexity index is 647. The third-order valence-electron chi connectivity index (χ3n) is 3.89. The lowest BCUT2D eigenvalue weighted by Gasteiger charge is -2.25. The van der Waals surface area contributed by atoms with E-state index in [2.05, 4.69) is 26.9 Å². The summed E-state index contributed by atoms with van der Waals surface area (Å²) in [5.41, 5.74) is 4.28. The zero-order valence-electron chi connectivity index (χ0n) is 11.7. The Morgan fingerprint density at radius 1 is 1.35 bits per heavy atom. The summed E-state index contributed by atoms with van der Waals surface area (Å²) in [6, 6.07) is 8.11. The number of H-pyrrole nitrogens is 1. The summed E-state index contributed by atoms with van der Waals surface area (Å²) in [5, 5.41) is 13.2. The van der Waals surface area contributed by atoms with Gasteiger partial charge >= 0.3 is 0 Å². The van der Waals surface area contributed by atoms with Crippen molar-refractivity contribution in [3.05, 3.63) is 41.1 Å². The smallest absolute Gasteiger partial charge is 0.230 e. The average Bonchev–Trinajstić information content (AvgIpc) is 2.78. The van der Waals surface area contributed by atoms with E-state index in [0.717, 1.165) is 23.4 Å². The molecule has 1 aliphatic heterocycles. The lowest BCUT2D eigenvalue weighted by Crippen LogP contribution is -2.34. The molecule has 2 heterocycles. The maximum Gasteiger partial charge on any atom is 0.230 e. The van der Waals surface area contributed by atoms with Crippen LogP contribution < -0.4 is 10.6 Å². The van der Waals surface area contributed by atoms with Gasteiger partial charge in [0.25, 0.3) is 0 Å². The number of fused-ring (bicyclic) bond motifs is 1. The van der Waals surface area contributed by atoms with Gasteiger partial charge in [-0.2, -0.15) is 5.10 Å². The second kappa shape index (κ2) is 5.00. The van der Waals surface area contributed by atoms with Crippen LogP contribution in [0.2, 0.25) is 0 Å². The fourth-order valence-corrected chi connectivity index (χ4v) is 2.45. The third-order valence-corrected chi connectivity index (χ3v) is 3.89. The van der Waals surface area contributed by atoms with Crippen LogP contribution in [0.1, 0.15) is 16.8 Å². The first-order chi connectivity index (χ1) is 9.65. The number of carbonyl (C=O) groups is 1. The molecule has 0 saturated heterocycles. The largest absolute Gasteiger partial charge is 0.384 e. The predicted molar refractivity (Wildman–Crippen MR) is 78.8 cm³/mol. The van der Waals surface area contributed by atoms with Crippen molar-refractivity contribution in [1.82, 2.24) is 10.2 Å². The second-order valence-corrected chi connectivity index (χ2v) is 5.25. The van der Waals surface area contributed by atoms with Crippen LogP contribution >= 0.6 is 0 Å². The average molecular weight is 270 g/mol. The zero-order valence-corrected chi connectivity index (χ0v) is 11.7. The number of aromatic amines is 1. The van der Waals surface area contributed by atoms with Crippen LogP contribution in [0.3, 0.4) is 0 Å². The number of nitrogens with one attached hydrogen (secondary N) is 3. The third kappa shape index (κ3) is 2.27. The van der Waals surface area contributed by atoms with Gasteiger partial charge in [0.1, 0.15) is 0 Å². The summed E-state index contributed by atoms with van der Waals surface area (Å²) < 4.78 is 0. The second-order valence-electron chi connectivity index (χ2n) is 5.25.